The Morgan fingerprint density at radius 3 is 2.62 bits per heavy atom. The normalized spacial score (nSPS) is 11.3. The minimum atomic E-state index is 0.0307. The number of methoxy groups -OCH3 is 2. The average Bonchev–Trinajstić information content (AvgIpc) is 3.16. The Hall–Kier alpha value is -3.80. The molecule has 1 aromatic heterocycles. The third-order valence-corrected chi connectivity index (χ3v) is 4.56. The first kappa shape index (κ1) is 18.6. The van der Waals surface area contributed by atoms with Gasteiger partial charge in [0, 0.05) is 17.3 Å². The van der Waals surface area contributed by atoms with Crippen molar-refractivity contribution in [2.45, 2.75) is 6.92 Å². The summed E-state index contributed by atoms with van der Waals surface area (Å²) in [6.07, 6.45) is 1.56. The van der Waals surface area contributed by atoms with Crippen LogP contribution in [0.2, 0.25) is 0 Å². The maximum Gasteiger partial charge on any atom is 0.227 e. The zero-order chi connectivity index (χ0) is 20.4. The molecule has 0 unspecified atom stereocenters. The molecule has 0 atom stereocenters. The molecule has 0 spiro atoms. The summed E-state index contributed by atoms with van der Waals surface area (Å²) >= 11 is 0. The molecule has 6 heteroatoms. The number of rotatable bonds is 5. The van der Waals surface area contributed by atoms with Gasteiger partial charge in [0.05, 0.1) is 14.2 Å². The number of aromatic hydroxyl groups is 1. The van der Waals surface area contributed by atoms with Crippen molar-refractivity contribution in [3.63, 3.8) is 0 Å². The fourth-order valence-corrected chi connectivity index (χ4v) is 3.03. The minimum absolute atomic E-state index is 0.0307. The lowest BCUT2D eigenvalue weighted by Gasteiger charge is -2.07. The van der Waals surface area contributed by atoms with Crippen LogP contribution in [0.4, 0.5) is 5.69 Å². The van der Waals surface area contributed by atoms with E-state index in [1.54, 1.807) is 31.5 Å². The van der Waals surface area contributed by atoms with Gasteiger partial charge >= 0.3 is 0 Å². The minimum Gasteiger partial charge on any atom is -0.504 e. The first-order chi connectivity index (χ1) is 14.1. The van der Waals surface area contributed by atoms with E-state index in [9.17, 15) is 5.11 Å². The van der Waals surface area contributed by atoms with Crippen molar-refractivity contribution < 1.29 is 19.0 Å². The molecule has 29 heavy (non-hydrogen) atoms. The van der Waals surface area contributed by atoms with Crippen molar-refractivity contribution in [1.82, 2.24) is 4.98 Å². The summed E-state index contributed by atoms with van der Waals surface area (Å²) in [6.45, 7) is 2.02. The molecule has 0 aliphatic carbocycles. The van der Waals surface area contributed by atoms with E-state index < -0.39 is 0 Å². The summed E-state index contributed by atoms with van der Waals surface area (Å²) in [4.78, 5) is 9.08. The van der Waals surface area contributed by atoms with Gasteiger partial charge in [-0.3, -0.25) is 4.99 Å². The highest BCUT2D eigenvalue weighted by Gasteiger charge is 2.12. The maximum absolute atomic E-state index is 10.3. The zero-order valence-corrected chi connectivity index (χ0v) is 16.3. The fourth-order valence-electron chi connectivity index (χ4n) is 3.03. The summed E-state index contributed by atoms with van der Waals surface area (Å²) in [5, 5.41) is 10.3. The van der Waals surface area contributed by atoms with Crippen LogP contribution < -0.4 is 9.47 Å². The van der Waals surface area contributed by atoms with Crippen molar-refractivity contribution in [2.24, 2.45) is 4.99 Å². The van der Waals surface area contributed by atoms with E-state index in [0.717, 1.165) is 22.2 Å². The van der Waals surface area contributed by atoms with Gasteiger partial charge in [-0.25, -0.2) is 4.98 Å². The van der Waals surface area contributed by atoms with Gasteiger partial charge in [0.15, 0.2) is 17.1 Å². The third kappa shape index (κ3) is 3.65. The van der Waals surface area contributed by atoms with Gasteiger partial charge in [-0.05, 0) is 55.0 Å². The van der Waals surface area contributed by atoms with Crippen molar-refractivity contribution in [2.75, 3.05) is 14.2 Å². The van der Waals surface area contributed by atoms with Gasteiger partial charge in [0.1, 0.15) is 17.0 Å². The molecule has 0 saturated heterocycles. The molecule has 6 nitrogen and oxygen atoms in total. The smallest absolute Gasteiger partial charge is 0.227 e. The van der Waals surface area contributed by atoms with Crippen molar-refractivity contribution >= 4 is 23.0 Å². The molecule has 0 fully saturated rings. The van der Waals surface area contributed by atoms with Gasteiger partial charge in [0.2, 0.25) is 5.89 Å². The molecular weight excluding hydrogens is 368 g/mol. The van der Waals surface area contributed by atoms with E-state index >= 15 is 0 Å². The van der Waals surface area contributed by atoms with E-state index in [2.05, 4.69) is 9.98 Å². The first-order valence-electron chi connectivity index (χ1n) is 9.04. The number of fused-ring (bicyclic) bond motifs is 1. The van der Waals surface area contributed by atoms with Gasteiger partial charge in [0.25, 0.3) is 0 Å². The number of aliphatic imine (C=N–C) groups is 1. The second-order valence-electron chi connectivity index (χ2n) is 6.53. The Morgan fingerprint density at radius 2 is 1.83 bits per heavy atom. The SMILES string of the molecule is COc1ccc(-c2nc3cc(C)ccc3o2)cc1N=Cc1cccc(OC)c1O. The molecule has 4 aromatic rings. The molecule has 0 amide bonds. The molecule has 4 rings (SSSR count). The van der Waals surface area contributed by atoms with Crippen LogP contribution in [0.25, 0.3) is 22.6 Å². The summed E-state index contributed by atoms with van der Waals surface area (Å²) in [5.74, 6) is 1.52. The highest BCUT2D eigenvalue weighted by atomic mass is 16.5. The van der Waals surface area contributed by atoms with Crippen LogP contribution in [0.15, 0.2) is 64.0 Å². The predicted octanol–water partition coefficient (Wildman–Crippen LogP) is 5.28. The first-order valence-corrected chi connectivity index (χ1v) is 9.04. The molecule has 0 saturated carbocycles. The summed E-state index contributed by atoms with van der Waals surface area (Å²) < 4.78 is 16.5. The maximum atomic E-state index is 10.3. The quantitative estimate of drug-likeness (QED) is 0.471. The average molecular weight is 388 g/mol. The monoisotopic (exact) mass is 388 g/mol. The fraction of sp³-hybridized carbons (Fsp3) is 0.130. The van der Waals surface area contributed by atoms with Gasteiger partial charge in [-0.1, -0.05) is 12.1 Å². The molecule has 146 valence electrons. The number of phenolic OH excluding ortho intramolecular Hbond substituents is 1. The van der Waals surface area contributed by atoms with Crippen molar-refractivity contribution in [3.05, 3.63) is 65.7 Å². The van der Waals surface area contributed by atoms with Gasteiger partial charge in [-0.15, -0.1) is 0 Å². The number of oxazole rings is 1. The van der Waals surface area contributed by atoms with Crippen molar-refractivity contribution in [1.29, 1.82) is 0 Å². The molecule has 1 N–H and O–H groups in total. The molecule has 0 aliphatic heterocycles. The molecule has 3 aromatic carbocycles. The Morgan fingerprint density at radius 1 is 1.00 bits per heavy atom. The van der Waals surface area contributed by atoms with Crippen LogP contribution in [-0.2, 0) is 0 Å². The lowest BCUT2D eigenvalue weighted by molar-refractivity contribution is 0.373. The Kier molecular flexibility index (Phi) is 4.91. The van der Waals surface area contributed by atoms with E-state index in [4.69, 9.17) is 13.9 Å². The lowest BCUT2D eigenvalue weighted by Crippen LogP contribution is -1.89. The summed E-state index contributed by atoms with van der Waals surface area (Å²) in [5.41, 5.74) is 4.56. The Balaban J connectivity index is 1.73. The van der Waals surface area contributed by atoms with E-state index in [0.29, 0.717) is 28.6 Å². The number of ether oxygens (including phenoxy) is 2. The molecule has 0 radical (unpaired) electrons. The number of hydrogen-bond acceptors (Lipinski definition) is 6. The number of hydrogen-bond donors (Lipinski definition) is 1. The topological polar surface area (TPSA) is 77.1 Å². The highest BCUT2D eigenvalue weighted by Crippen LogP contribution is 2.34. The number of phenols is 1. The Bertz CT molecular complexity index is 1210. The molecule has 0 aliphatic rings. The van der Waals surface area contributed by atoms with Crippen LogP contribution in [0.3, 0.4) is 0 Å². The largest absolute Gasteiger partial charge is 0.504 e. The van der Waals surface area contributed by atoms with Crippen LogP contribution >= 0.6 is 0 Å². The van der Waals surface area contributed by atoms with Gasteiger partial charge < -0.3 is 19.0 Å². The third-order valence-electron chi connectivity index (χ3n) is 4.56. The van der Waals surface area contributed by atoms with E-state index in [-0.39, 0.29) is 5.75 Å². The number of aromatic nitrogens is 1. The van der Waals surface area contributed by atoms with E-state index in [1.165, 1.54) is 7.11 Å². The second-order valence-corrected chi connectivity index (χ2v) is 6.53. The van der Waals surface area contributed by atoms with Gasteiger partial charge in [-0.2, -0.15) is 0 Å². The van der Waals surface area contributed by atoms with Crippen LogP contribution in [0.1, 0.15) is 11.1 Å². The van der Waals surface area contributed by atoms with Crippen LogP contribution in [0, 0.1) is 6.92 Å². The van der Waals surface area contributed by atoms with E-state index in [1.807, 2.05) is 43.3 Å². The van der Waals surface area contributed by atoms with Crippen molar-refractivity contribution in [3.8, 4) is 28.7 Å². The number of benzene rings is 3. The number of aryl methyl sites for hydroxylation is 1. The van der Waals surface area contributed by atoms with Crippen LogP contribution in [0.5, 0.6) is 17.2 Å². The molecular formula is C23H20N2O4. The Labute approximate surface area is 168 Å². The lowest BCUT2D eigenvalue weighted by atomic mass is 10.1. The summed E-state index contributed by atoms with van der Waals surface area (Å²) in [6, 6.07) is 16.6. The molecule has 0 bridgehead atoms. The summed E-state index contributed by atoms with van der Waals surface area (Å²) in [7, 11) is 3.09. The molecule has 1 heterocycles. The standard InChI is InChI=1S/C23H20N2O4/c1-14-7-9-20-18(11-14)25-23(29-20)15-8-10-19(27-2)17(12-15)24-13-16-5-4-6-21(28-3)22(16)26/h4-13,26H,1-3H3. The van der Waals surface area contributed by atoms with Crippen LogP contribution in [-0.4, -0.2) is 30.5 Å². The number of para-hydroxylation sites is 1. The predicted molar refractivity (Wildman–Crippen MR) is 113 cm³/mol. The number of nitrogens with zero attached hydrogens (tertiary/aromatic N) is 2. The highest BCUT2D eigenvalue weighted by molar-refractivity contribution is 5.87. The zero-order valence-electron chi connectivity index (χ0n) is 16.3. The second kappa shape index (κ2) is 7.67.